The Morgan fingerprint density at radius 2 is 1.89 bits per heavy atom. The van der Waals surface area contributed by atoms with Crippen LogP contribution in [0, 0.1) is 12.8 Å². The van der Waals surface area contributed by atoms with Gasteiger partial charge in [0.25, 0.3) is 10.0 Å². The van der Waals surface area contributed by atoms with Gasteiger partial charge in [0, 0.05) is 13.6 Å². The summed E-state index contributed by atoms with van der Waals surface area (Å²) in [4.78, 5) is 18.1. The highest BCUT2D eigenvalue weighted by atomic mass is 32.2. The zero-order valence-corrected chi connectivity index (χ0v) is 21.6. The van der Waals surface area contributed by atoms with Gasteiger partial charge >= 0.3 is 5.97 Å². The van der Waals surface area contributed by atoms with Gasteiger partial charge < -0.3 is 10.0 Å². The molecule has 0 fully saturated rings. The van der Waals surface area contributed by atoms with Crippen LogP contribution in [0.15, 0.2) is 47.5 Å². The zero-order chi connectivity index (χ0) is 25.8. The number of carboxylic acids is 1. The van der Waals surface area contributed by atoms with E-state index in [2.05, 4.69) is 35.6 Å². The number of nitrogens with one attached hydrogen (secondary N) is 1. The number of aromatic carboxylic acids is 1. The van der Waals surface area contributed by atoms with E-state index < -0.39 is 16.0 Å². The van der Waals surface area contributed by atoms with Crippen LogP contribution in [-0.4, -0.2) is 41.3 Å². The average molecular weight is 500 g/mol. The molecule has 10 heteroatoms. The first kappa shape index (κ1) is 26.2. The van der Waals surface area contributed by atoms with Gasteiger partial charge in [0.1, 0.15) is 11.4 Å². The van der Waals surface area contributed by atoms with Crippen LogP contribution in [-0.2, 0) is 29.5 Å². The molecule has 0 unspecified atom stereocenters. The highest BCUT2D eigenvalue weighted by molar-refractivity contribution is 7.92. The summed E-state index contributed by atoms with van der Waals surface area (Å²) in [5.74, 6) is -0.499. The Kier molecular flexibility index (Phi) is 8.16. The van der Waals surface area contributed by atoms with Crippen molar-refractivity contribution in [2.24, 2.45) is 5.92 Å². The molecular weight excluding hydrogens is 466 g/mol. The number of anilines is 2. The van der Waals surface area contributed by atoms with Crippen molar-refractivity contribution >= 4 is 27.5 Å². The summed E-state index contributed by atoms with van der Waals surface area (Å²) < 4.78 is 30.1. The molecule has 0 aliphatic rings. The van der Waals surface area contributed by atoms with E-state index in [0.29, 0.717) is 12.5 Å². The Balaban J connectivity index is 1.83. The summed E-state index contributed by atoms with van der Waals surface area (Å²) in [6.45, 7) is 9.34. The lowest BCUT2D eigenvalue weighted by Gasteiger charge is -2.21. The third-order valence-corrected chi connectivity index (χ3v) is 6.81. The molecule has 0 atom stereocenters. The molecule has 2 heterocycles. The molecule has 1 aromatic carbocycles. The van der Waals surface area contributed by atoms with E-state index in [9.17, 15) is 18.3 Å². The lowest BCUT2D eigenvalue weighted by Crippen LogP contribution is -2.23. The second-order valence-electron chi connectivity index (χ2n) is 9.10. The van der Waals surface area contributed by atoms with Crippen LogP contribution in [0.5, 0.6) is 0 Å². The summed E-state index contributed by atoms with van der Waals surface area (Å²) in [7, 11) is -2.15. The Bertz CT molecular complexity index is 1280. The number of hydrogen-bond acceptors (Lipinski definition) is 6. The van der Waals surface area contributed by atoms with Crippen molar-refractivity contribution < 1.29 is 18.3 Å². The third-order valence-electron chi connectivity index (χ3n) is 5.41. The van der Waals surface area contributed by atoms with Gasteiger partial charge in [0.05, 0.1) is 34.7 Å². The van der Waals surface area contributed by atoms with Gasteiger partial charge in [-0.05, 0) is 55.5 Å². The molecule has 0 aliphatic heterocycles. The summed E-state index contributed by atoms with van der Waals surface area (Å²) in [6.07, 6.45) is 3.11. The van der Waals surface area contributed by atoms with Gasteiger partial charge in [0.2, 0.25) is 0 Å². The first-order valence-electron chi connectivity index (χ1n) is 11.6. The van der Waals surface area contributed by atoms with Crippen LogP contribution in [0.1, 0.15) is 54.5 Å². The summed E-state index contributed by atoms with van der Waals surface area (Å²) in [5.41, 5.74) is 2.86. The van der Waals surface area contributed by atoms with Crippen LogP contribution >= 0.6 is 0 Å². The standard InChI is InChI=1S/C25H33N5O4S/c1-6-11-30-21(13-18(4)27-30)16-29(5)24-23(25(31)32)14-20(15-26-24)28-35(33,34)22-9-7-19(8-10-22)12-17(2)3/h7-10,13-15,17,28H,6,11-12,16H2,1-5H3,(H,31,32). The molecule has 9 nitrogen and oxygen atoms in total. The smallest absolute Gasteiger partial charge is 0.339 e. The summed E-state index contributed by atoms with van der Waals surface area (Å²) in [5, 5.41) is 14.3. The van der Waals surface area contributed by atoms with Gasteiger partial charge in [-0.3, -0.25) is 9.40 Å². The number of pyridine rings is 1. The van der Waals surface area contributed by atoms with Crippen LogP contribution < -0.4 is 9.62 Å². The second-order valence-corrected chi connectivity index (χ2v) is 10.8. The topological polar surface area (TPSA) is 117 Å². The molecule has 0 spiro atoms. The molecule has 0 saturated carbocycles. The predicted octanol–water partition coefficient (Wildman–Crippen LogP) is 4.33. The zero-order valence-electron chi connectivity index (χ0n) is 20.8. The Morgan fingerprint density at radius 1 is 1.20 bits per heavy atom. The monoisotopic (exact) mass is 499 g/mol. The Hall–Kier alpha value is -3.40. The minimum absolute atomic E-state index is 0.0812. The number of aromatic nitrogens is 3. The fraction of sp³-hybridized carbons (Fsp3) is 0.400. The van der Waals surface area contributed by atoms with Crippen molar-refractivity contribution in [3.8, 4) is 0 Å². The molecule has 35 heavy (non-hydrogen) atoms. The second kappa shape index (κ2) is 10.9. The number of carboxylic acid groups (broad SMARTS) is 1. The molecule has 3 rings (SSSR count). The number of carbonyl (C=O) groups is 1. The molecule has 0 bridgehead atoms. The molecule has 0 saturated heterocycles. The number of nitrogens with zero attached hydrogens (tertiary/aromatic N) is 4. The maximum atomic E-state index is 12.9. The number of hydrogen-bond donors (Lipinski definition) is 2. The van der Waals surface area contributed by atoms with Crippen molar-refractivity contribution in [2.75, 3.05) is 16.7 Å². The number of aryl methyl sites for hydroxylation is 2. The molecule has 3 aromatic rings. The van der Waals surface area contributed by atoms with Crippen LogP contribution in [0.3, 0.4) is 0 Å². The van der Waals surface area contributed by atoms with Crippen LogP contribution in [0.4, 0.5) is 11.5 Å². The highest BCUT2D eigenvalue weighted by Crippen LogP contribution is 2.24. The molecule has 2 aromatic heterocycles. The molecule has 0 radical (unpaired) electrons. The van der Waals surface area contributed by atoms with E-state index >= 15 is 0 Å². The van der Waals surface area contributed by atoms with Crippen LogP contribution in [0.2, 0.25) is 0 Å². The minimum Gasteiger partial charge on any atom is -0.478 e. The Morgan fingerprint density at radius 3 is 2.49 bits per heavy atom. The fourth-order valence-electron chi connectivity index (χ4n) is 3.91. The quantitative estimate of drug-likeness (QED) is 0.403. The lowest BCUT2D eigenvalue weighted by molar-refractivity contribution is 0.0697. The van der Waals surface area contributed by atoms with Crippen molar-refractivity contribution in [2.45, 2.75) is 58.5 Å². The van der Waals surface area contributed by atoms with E-state index in [1.54, 1.807) is 36.2 Å². The third kappa shape index (κ3) is 6.60. The first-order valence-corrected chi connectivity index (χ1v) is 13.1. The molecule has 2 N–H and O–H groups in total. The van der Waals surface area contributed by atoms with E-state index in [-0.39, 0.29) is 22.0 Å². The van der Waals surface area contributed by atoms with Gasteiger partial charge in [-0.15, -0.1) is 0 Å². The average Bonchev–Trinajstić information content (AvgIpc) is 3.12. The van der Waals surface area contributed by atoms with Crippen molar-refractivity contribution in [1.29, 1.82) is 0 Å². The number of benzene rings is 1. The molecule has 0 amide bonds. The van der Waals surface area contributed by atoms with Gasteiger partial charge in [-0.2, -0.15) is 5.10 Å². The van der Waals surface area contributed by atoms with Crippen molar-refractivity contribution in [3.05, 3.63) is 65.1 Å². The number of rotatable bonds is 11. The van der Waals surface area contributed by atoms with E-state index in [1.807, 2.05) is 17.7 Å². The summed E-state index contributed by atoms with van der Waals surface area (Å²) in [6, 6.07) is 9.93. The lowest BCUT2D eigenvalue weighted by atomic mass is 10.0. The van der Waals surface area contributed by atoms with E-state index in [4.69, 9.17) is 0 Å². The SMILES string of the molecule is CCCn1nc(C)cc1CN(C)c1ncc(NS(=O)(=O)c2ccc(CC(C)C)cc2)cc1C(=O)O. The fourth-order valence-corrected chi connectivity index (χ4v) is 4.95. The van der Waals surface area contributed by atoms with Gasteiger partial charge in [-0.1, -0.05) is 32.9 Å². The van der Waals surface area contributed by atoms with Crippen molar-refractivity contribution in [1.82, 2.24) is 14.8 Å². The number of sulfonamides is 1. The highest BCUT2D eigenvalue weighted by Gasteiger charge is 2.21. The van der Waals surface area contributed by atoms with E-state index in [1.165, 1.54) is 12.3 Å². The van der Waals surface area contributed by atoms with E-state index in [0.717, 1.165) is 36.3 Å². The van der Waals surface area contributed by atoms with Crippen molar-refractivity contribution in [3.63, 3.8) is 0 Å². The summed E-state index contributed by atoms with van der Waals surface area (Å²) >= 11 is 0. The van der Waals surface area contributed by atoms with Gasteiger partial charge in [-0.25, -0.2) is 18.2 Å². The molecular formula is C25H33N5O4S. The first-order chi connectivity index (χ1) is 16.5. The Labute approximate surface area is 206 Å². The van der Waals surface area contributed by atoms with Gasteiger partial charge in [0.15, 0.2) is 0 Å². The maximum absolute atomic E-state index is 12.9. The molecule has 0 aliphatic carbocycles. The largest absolute Gasteiger partial charge is 0.478 e. The minimum atomic E-state index is -3.90. The predicted molar refractivity (Wildman–Crippen MR) is 136 cm³/mol. The maximum Gasteiger partial charge on any atom is 0.339 e. The normalized spacial score (nSPS) is 11.6. The molecule has 188 valence electrons. The van der Waals surface area contributed by atoms with Crippen LogP contribution in [0.25, 0.3) is 0 Å².